The van der Waals surface area contributed by atoms with Crippen LogP contribution >= 0.6 is 11.6 Å². The Morgan fingerprint density at radius 2 is 2.25 bits per heavy atom. The number of hydrogen-bond acceptors (Lipinski definition) is 2. The van der Waals surface area contributed by atoms with E-state index in [1.165, 1.54) is 12.1 Å². The van der Waals surface area contributed by atoms with Gasteiger partial charge in [-0.15, -0.1) is 0 Å². The smallest absolute Gasteiger partial charge is 0.142 e. The van der Waals surface area contributed by atoms with E-state index in [1.54, 1.807) is 12.3 Å². The van der Waals surface area contributed by atoms with Crippen molar-refractivity contribution in [1.82, 2.24) is 0 Å². The highest BCUT2D eigenvalue weighted by atomic mass is 35.5. The van der Waals surface area contributed by atoms with Crippen molar-refractivity contribution in [2.24, 2.45) is 0 Å². The molecule has 1 aliphatic heterocycles. The first kappa shape index (κ1) is 11.4. The molecule has 0 aliphatic carbocycles. The largest absolute Gasteiger partial charge is 0.501 e. The minimum Gasteiger partial charge on any atom is -0.501 e. The summed E-state index contributed by atoms with van der Waals surface area (Å²) in [5, 5.41) is 10.1. The lowest BCUT2D eigenvalue weighted by Crippen LogP contribution is -2.08. The van der Waals surface area contributed by atoms with Gasteiger partial charge in [-0.25, -0.2) is 4.39 Å². The topological polar surface area (TPSA) is 29.5 Å². The van der Waals surface area contributed by atoms with Crippen LogP contribution in [0.5, 0.6) is 0 Å². The van der Waals surface area contributed by atoms with Gasteiger partial charge in [0.25, 0.3) is 0 Å². The summed E-state index contributed by atoms with van der Waals surface area (Å²) in [6.45, 7) is 0.672. The van der Waals surface area contributed by atoms with E-state index in [9.17, 15) is 9.50 Å². The lowest BCUT2D eigenvalue weighted by molar-refractivity contribution is 0.170. The van der Waals surface area contributed by atoms with Crippen LogP contribution in [0.3, 0.4) is 0 Å². The second kappa shape index (κ2) is 4.85. The fourth-order valence-corrected chi connectivity index (χ4v) is 1.80. The maximum Gasteiger partial charge on any atom is 0.142 e. The van der Waals surface area contributed by atoms with E-state index in [-0.39, 0.29) is 5.02 Å². The van der Waals surface area contributed by atoms with Crippen molar-refractivity contribution in [3.8, 4) is 0 Å². The second-order valence-electron chi connectivity index (χ2n) is 3.74. The third-order valence-corrected chi connectivity index (χ3v) is 2.88. The Kier molecular flexibility index (Phi) is 3.46. The van der Waals surface area contributed by atoms with Gasteiger partial charge in [0, 0.05) is 0 Å². The standard InChI is InChI=1S/C12H12ClFO2/c13-10-4-3-8(6-11(10)14)12(15)9-2-1-5-16-7-9/h3-4,6-7,12,15H,1-2,5H2. The average Bonchev–Trinajstić information content (AvgIpc) is 2.33. The van der Waals surface area contributed by atoms with Crippen molar-refractivity contribution in [1.29, 1.82) is 0 Å². The van der Waals surface area contributed by atoms with Crippen LogP contribution < -0.4 is 0 Å². The predicted molar refractivity (Wildman–Crippen MR) is 59.6 cm³/mol. The lowest BCUT2D eigenvalue weighted by Gasteiger charge is -2.19. The molecular formula is C12H12ClFO2. The highest BCUT2D eigenvalue weighted by Crippen LogP contribution is 2.29. The third-order valence-electron chi connectivity index (χ3n) is 2.57. The second-order valence-corrected chi connectivity index (χ2v) is 4.15. The van der Waals surface area contributed by atoms with Crippen molar-refractivity contribution in [2.75, 3.05) is 6.61 Å². The van der Waals surface area contributed by atoms with Gasteiger partial charge in [0.05, 0.1) is 17.9 Å². The average molecular weight is 243 g/mol. The van der Waals surface area contributed by atoms with E-state index >= 15 is 0 Å². The van der Waals surface area contributed by atoms with E-state index < -0.39 is 11.9 Å². The van der Waals surface area contributed by atoms with E-state index in [2.05, 4.69) is 0 Å². The fraction of sp³-hybridized carbons (Fsp3) is 0.333. The van der Waals surface area contributed by atoms with Gasteiger partial charge in [0.15, 0.2) is 0 Å². The van der Waals surface area contributed by atoms with Gasteiger partial charge in [-0.3, -0.25) is 0 Å². The fourth-order valence-electron chi connectivity index (χ4n) is 1.68. The number of aliphatic hydroxyl groups is 1. The molecule has 0 aromatic heterocycles. The molecule has 1 aromatic carbocycles. The first-order valence-electron chi connectivity index (χ1n) is 5.12. The van der Waals surface area contributed by atoms with Crippen LogP contribution in [0.2, 0.25) is 5.02 Å². The molecule has 4 heteroatoms. The third kappa shape index (κ3) is 2.36. The summed E-state index contributed by atoms with van der Waals surface area (Å²) in [5.41, 5.74) is 1.27. The molecule has 1 N–H and O–H groups in total. The SMILES string of the molecule is OC(C1=COCCC1)c1ccc(Cl)c(F)c1. The van der Waals surface area contributed by atoms with Crippen LogP contribution in [0.4, 0.5) is 4.39 Å². The summed E-state index contributed by atoms with van der Waals surface area (Å²) in [6.07, 6.45) is 2.39. The number of halogens is 2. The van der Waals surface area contributed by atoms with Crippen molar-refractivity contribution in [2.45, 2.75) is 18.9 Å². The maximum absolute atomic E-state index is 13.2. The molecule has 0 amide bonds. The maximum atomic E-state index is 13.2. The lowest BCUT2D eigenvalue weighted by atomic mass is 9.98. The Morgan fingerprint density at radius 1 is 1.44 bits per heavy atom. The summed E-state index contributed by atoms with van der Waals surface area (Å²) >= 11 is 5.58. The number of hydrogen-bond donors (Lipinski definition) is 1. The van der Waals surface area contributed by atoms with Crippen LogP contribution in [0.15, 0.2) is 30.0 Å². The summed E-state index contributed by atoms with van der Waals surface area (Å²) in [6, 6.07) is 4.31. The molecule has 86 valence electrons. The summed E-state index contributed by atoms with van der Waals surface area (Å²) in [7, 11) is 0. The molecule has 1 heterocycles. The molecule has 0 fully saturated rings. The number of rotatable bonds is 2. The van der Waals surface area contributed by atoms with Crippen LogP contribution in [0.25, 0.3) is 0 Å². The molecule has 0 bridgehead atoms. The first-order valence-corrected chi connectivity index (χ1v) is 5.50. The normalized spacial score (nSPS) is 17.6. The number of aliphatic hydroxyl groups excluding tert-OH is 1. The molecule has 0 radical (unpaired) electrons. The van der Waals surface area contributed by atoms with Gasteiger partial charge >= 0.3 is 0 Å². The molecule has 2 rings (SSSR count). The highest BCUT2D eigenvalue weighted by molar-refractivity contribution is 6.30. The molecule has 0 spiro atoms. The minimum atomic E-state index is -0.813. The van der Waals surface area contributed by atoms with E-state index in [4.69, 9.17) is 16.3 Å². The summed E-state index contributed by atoms with van der Waals surface area (Å²) in [4.78, 5) is 0. The van der Waals surface area contributed by atoms with E-state index in [1.807, 2.05) is 0 Å². The van der Waals surface area contributed by atoms with Gasteiger partial charge in [0.1, 0.15) is 11.9 Å². The Labute approximate surface area is 98.3 Å². The van der Waals surface area contributed by atoms with Gasteiger partial charge < -0.3 is 9.84 Å². The molecule has 1 aromatic rings. The van der Waals surface area contributed by atoms with E-state index in [0.29, 0.717) is 12.2 Å². The van der Waals surface area contributed by atoms with Crippen molar-refractivity contribution < 1.29 is 14.2 Å². The van der Waals surface area contributed by atoms with Gasteiger partial charge in [0.2, 0.25) is 0 Å². The summed E-state index contributed by atoms with van der Waals surface area (Å²) < 4.78 is 18.3. The van der Waals surface area contributed by atoms with Crippen LogP contribution in [-0.2, 0) is 4.74 Å². The minimum absolute atomic E-state index is 0.0600. The van der Waals surface area contributed by atoms with Crippen LogP contribution in [0.1, 0.15) is 24.5 Å². The summed E-state index contributed by atoms with van der Waals surface area (Å²) in [5.74, 6) is -0.518. The predicted octanol–water partition coefficient (Wildman–Crippen LogP) is 3.21. The molecule has 0 saturated carbocycles. The van der Waals surface area contributed by atoms with Gasteiger partial charge in [-0.2, -0.15) is 0 Å². The Hall–Kier alpha value is -1.06. The van der Waals surface area contributed by atoms with Gasteiger partial charge in [-0.05, 0) is 36.1 Å². The number of benzene rings is 1. The first-order chi connectivity index (χ1) is 7.68. The Morgan fingerprint density at radius 3 is 2.88 bits per heavy atom. The van der Waals surface area contributed by atoms with Crippen molar-refractivity contribution in [3.63, 3.8) is 0 Å². The monoisotopic (exact) mass is 242 g/mol. The van der Waals surface area contributed by atoms with Gasteiger partial charge in [-0.1, -0.05) is 17.7 Å². The van der Waals surface area contributed by atoms with Crippen molar-refractivity contribution in [3.05, 3.63) is 46.4 Å². The Balaban J connectivity index is 2.22. The van der Waals surface area contributed by atoms with E-state index in [0.717, 1.165) is 18.4 Å². The molecule has 16 heavy (non-hydrogen) atoms. The Bertz CT molecular complexity index is 417. The highest BCUT2D eigenvalue weighted by Gasteiger charge is 2.17. The molecule has 1 aliphatic rings. The zero-order valence-corrected chi connectivity index (χ0v) is 9.38. The molecule has 1 atom stereocenters. The zero-order valence-electron chi connectivity index (χ0n) is 8.62. The molecular weight excluding hydrogens is 231 g/mol. The molecule has 1 unspecified atom stereocenters. The zero-order chi connectivity index (χ0) is 11.5. The quantitative estimate of drug-likeness (QED) is 0.863. The van der Waals surface area contributed by atoms with Crippen LogP contribution in [0, 0.1) is 5.82 Å². The number of ether oxygens (including phenoxy) is 1. The van der Waals surface area contributed by atoms with Crippen molar-refractivity contribution >= 4 is 11.6 Å². The van der Waals surface area contributed by atoms with Crippen LogP contribution in [-0.4, -0.2) is 11.7 Å². The molecule has 0 saturated heterocycles. The molecule has 2 nitrogen and oxygen atoms in total.